The van der Waals surface area contributed by atoms with Crippen LogP contribution in [0.5, 0.6) is 0 Å². The van der Waals surface area contributed by atoms with Gasteiger partial charge in [-0.1, -0.05) is 13.3 Å². The molecule has 1 aromatic heterocycles. The molecule has 1 fully saturated rings. The number of nitrogens with zero attached hydrogens (tertiary/aromatic N) is 2. The highest BCUT2D eigenvalue weighted by atomic mass is 32.2. The average molecular weight is 272 g/mol. The van der Waals surface area contributed by atoms with Crippen LogP contribution in [0.2, 0.25) is 0 Å². The summed E-state index contributed by atoms with van der Waals surface area (Å²) >= 11 is 0. The van der Waals surface area contributed by atoms with E-state index in [9.17, 15) is 8.42 Å². The lowest BCUT2D eigenvalue weighted by molar-refractivity contribution is 0.261. The molecule has 1 atom stereocenters. The first-order valence-electron chi connectivity index (χ1n) is 6.32. The predicted molar refractivity (Wildman–Crippen MR) is 68.3 cm³/mol. The predicted octanol–water partition coefficient (Wildman–Crippen LogP) is 0.679. The molecule has 0 saturated carbocycles. The van der Waals surface area contributed by atoms with Crippen LogP contribution < -0.4 is 5.73 Å². The molecule has 0 aliphatic carbocycles. The number of piperidine rings is 1. The minimum Gasteiger partial charge on any atom is -0.326 e. The number of nitrogens with one attached hydrogen (secondary N) is 1. The molecule has 3 N–H and O–H groups in total. The molecule has 7 heteroatoms. The van der Waals surface area contributed by atoms with E-state index in [0.29, 0.717) is 24.6 Å². The van der Waals surface area contributed by atoms with Crippen LogP contribution in [-0.2, 0) is 16.6 Å². The lowest BCUT2D eigenvalue weighted by Gasteiger charge is -2.31. The van der Waals surface area contributed by atoms with Crippen molar-refractivity contribution < 1.29 is 8.42 Å². The van der Waals surface area contributed by atoms with E-state index in [2.05, 4.69) is 17.1 Å². The van der Waals surface area contributed by atoms with Gasteiger partial charge in [-0.3, -0.25) is 5.10 Å². The van der Waals surface area contributed by atoms with E-state index in [1.807, 2.05) is 0 Å². The van der Waals surface area contributed by atoms with Crippen molar-refractivity contribution in [2.24, 2.45) is 11.7 Å². The number of aromatic nitrogens is 2. The van der Waals surface area contributed by atoms with Gasteiger partial charge >= 0.3 is 0 Å². The number of sulfonamides is 1. The van der Waals surface area contributed by atoms with Gasteiger partial charge in [0, 0.05) is 25.2 Å². The Labute approximate surface area is 108 Å². The van der Waals surface area contributed by atoms with Gasteiger partial charge in [0.2, 0.25) is 0 Å². The third-order valence-corrected chi connectivity index (χ3v) is 5.44. The Morgan fingerprint density at radius 2 is 2.39 bits per heavy atom. The Morgan fingerprint density at radius 3 is 3.06 bits per heavy atom. The maximum atomic E-state index is 12.5. The lowest BCUT2D eigenvalue weighted by Crippen LogP contribution is -2.40. The van der Waals surface area contributed by atoms with Crippen molar-refractivity contribution in [3.05, 3.63) is 11.8 Å². The van der Waals surface area contributed by atoms with Gasteiger partial charge < -0.3 is 5.73 Å². The molecule has 1 saturated heterocycles. The monoisotopic (exact) mass is 272 g/mol. The first-order valence-corrected chi connectivity index (χ1v) is 7.76. The Balaban J connectivity index is 2.25. The van der Waals surface area contributed by atoms with Gasteiger partial charge in [-0.15, -0.1) is 0 Å². The van der Waals surface area contributed by atoms with Gasteiger partial charge in [0.1, 0.15) is 0 Å². The van der Waals surface area contributed by atoms with Crippen molar-refractivity contribution in [2.75, 3.05) is 13.1 Å². The van der Waals surface area contributed by atoms with Gasteiger partial charge in [-0.25, -0.2) is 8.42 Å². The normalized spacial score (nSPS) is 22.2. The van der Waals surface area contributed by atoms with Crippen molar-refractivity contribution in [2.45, 2.75) is 37.8 Å². The smallest absolute Gasteiger partial charge is 0.260 e. The molecule has 1 unspecified atom stereocenters. The Kier molecular flexibility index (Phi) is 4.04. The van der Waals surface area contributed by atoms with Gasteiger partial charge in [0.15, 0.2) is 5.03 Å². The van der Waals surface area contributed by atoms with Crippen LogP contribution in [0.15, 0.2) is 11.2 Å². The Morgan fingerprint density at radius 1 is 1.61 bits per heavy atom. The van der Waals surface area contributed by atoms with Crippen LogP contribution in [-0.4, -0.2) is 36.0 Å². The fraction of sp³-hybridized carbons (Fsp3) is 0.727. The first kappa shape index (κ1) is 13.5. The molecule has 18 heavy (non-hydrogen) atoms. The quantitative estimate of drug-likeness (QED) is 0.843. The maximum absolute atomic E-state index is 12.5. The highest BCUT2D eigenvalue weighted by Crippen LogP contribution is 2.25. The minimum absolute atomic E-state index is 0.154. The third-order valence-electron chi connectivity index (χ3n) is 3.55. The molecule has 0 aromatic carbocycles. The number of aromatic amines is 1. The summed E-state index contributed by atoms with van der Waals surface area (Å²) in [5.41, 5.74) is 6.08. The number of nitrogens with two attached hydrogens (primary N) is 1. The molecule has 6 nitrogen and oxygen atoms in total. The van der Waals surface area contributed by atoms with Gasteiger partial charge in [-0.05, 0) is 18.8 Å². The van der Waals surface area contributed by atoms with Gasteiger partial charge in [0.05, 0.1) is 6.20 Å². The lowest BCUT2D eigenvalue weighted by atomic mass is 9.97. The van der Waals surface area contributed by atoms with Crippen LogP contribution >= 0.6 is 0 Å². The van der Waals surface area contributed by atoms with Crippen molar-refractivity contribution in [3.63, 3.8) is 0 Å². The summed E-state index contributed by atoms with van der Waals surface area (Å²) in [6.45, 7) is 3.46. The highest BCUT2D eigenvalue weighted by molar-refractivity contribution is 7.89. The number of rotatable bonds is 4. The molecule has 1 aliphatic heterocycles. The van der Waals surface area contributed by atoms with Crippen LogP contribution in [0.4, 0.5) is 0 Å². The van der Waals surface area contributed by atoms with E-state index in [1.165, 1.54) is 6.20 Å². The summed E-state index contributed by atoms with van der Waals surface area (Å²) in [6, 6.07) is 0. The zero-order valence-electron chi connectivity index (χ0n) is 10.6. The second-order valence-electron chi connectivity index (χ2n) is 4.71. The van der Waals surface area contributed by atoms with E-state index in [0.717, 1.165) is 19.3 Å². The molecule has 2 heterocycles. The van der Waals surface area contributed by atoms with E-state index < -0.39 is 10.0 Å². The van der Waals surface area contributed by atoms with Crippen LogP contribution in [0.25, 0.3) is 0 Å². The summed E-state index contributed by atoms with van der Waals surface area (Å²) in [7, 11) is -3.47. The van der Waals surface area contributed by atoms with Gasteiger partial charge in [0.25, 0.3) is 10.0 Å². The molecule has 2 rings (SSSR count). The molecule has 1 aromatic rings. The molecular weight excluding hydrogens is 252 g/mol. The summed E-state index contributed by atoms with van der Waals surface area (Å²) in [5.74, 6) is 0.456. The van der Waals surface area contributed by atoms with Crippen LogP contribution in [0, 0.1) is 5.92 Å². The second kappa shape index (κ2) is 5.38. The number of hydrogen-bond donors (Lipinski definition) is 2. The van der Waals surface area contributed by atoms with Crippen molar-refractivity contribution in [1.82, 2.24) is 14.5 Å². The van der Waals surface area contributed by atoms with Crippen molar-refractivity contribution in [1.29, 1.82) is 0 Å². The summed E-state index contributed by atoms with van der Waals surface area (Å²) < 4.78 is 26.5. The zero-order valence-corrected chi connectivity index (χ0v) is 11.4. The van der Waals surface area contributed by atoms with E-state index in [-0.39, 0.29) is 11.6 Å². The highest BCUT2D eigenvalue weighted by Gasteiger charge is 2.32. The minimum atomic E-state index is -3.47. The van der Waals surface area contributed by atoms with E-state index in [4.69, 9.17) is 5.73 Å². The van der Waals surface area contributed by atoms with Crippen molar-refractivity contribution >= 4 is 10.0 Å². The summed E-state index contributed by atoms with van der Waals surface area (Å²) in [6.07, 6.45) is 4.52. The SMILES string of the molecule is CCC1CCCN(S(=O)(=O)c2[nH]ncc2CN)C1. The largest absolute Gasteiger partial charge is 0.326 e. The van der Waals surface area contributed by atoms with Gasteiger partial charge in [-0.2, -0.15) is 9.40 Å². The van der Waals surface area contributed by atoms with Crippen LogP contribution in [0.3, 0.4) is 0 Å². The number of hydrogen-bond acceptors (Lipinski definition) is 4. The number of H-pyrrole nitrogens is 1. The van der Waals surface area contributed by atoms with E-state index in [1.54, 1.807) is 4.31 Å². The van der Waals surface area contributed by atoms with E-state index >= 15 is 0 Å². The molecular formula is C11H20N4O2S. The summed E-state index contributed by atoms with van der Waals surface area (Å²) in [4.78, 5) is 0. The molecule has 0 bridgehead atoms. The maximum Gasteiger partial charge on any atom is 0.260 e. The fourth-order valence-electron chi connectivity index (χ4n) is 2.38. The zero-order chi connectivity index (χ0) is 13.2. The molecule has 1 aliphatic rings. The molecule has 0 radical (unpaired) electrons. The standard InChI is InChI=1S/C11H20N4O2S/c1-2-9-4-3-5-15(8-9)18(16,17)11-10(6-12)7-13-14-11/h7,9H,2-6,8,12H2,1H3,(H,13,14). The topological polar surface area (TPSA) is 92.1 Å². The van der Waals surface area contributed by atoms with Crippen LogP contribution in [0.1, 0.15) is 31.7 Å². The molecule has 0 amide bonds. The third kappa shape index (κ3) is 2.43. The fourth-order valence-corrected chi connectivity index (χ4v) is 4.05. The average Bonchev–Trinajstić information content (AvgIpc) is 2.88. The Hall–Kier alpha value is -0.920. The first-order chi connectivity index (χ1) is 8.59. The molecule has 0 spiro atoms. The second-order valence-corrected chi connectivity index (χ2v) is 6.58. The Bertz CT molecular complexity index is 497. The summed E-state index contributed by atoms with van der Waals surface area (Å²) in [5, 5.41) is 6.50. The molecule has 102 valence electrons. The van der Waals surface area contributed by atoms with Crippen molar-refractivity contribution in [3.8, 4) is 0 Å².